The molecule has 0 bridgehead atoms. The number of nitrogens with zero attached hydrogens (tertiary/aromatic N) is 3. The van der Waals surface area contributed by atoms with Gasteiger partial charge in [0.1, 0.15) is 35.1 Å². The highest BCUT2D eigenvalue weighted by molar-refractivity contribution is 7.19. The number of halogens is 2. The molecule has 2 aromatic carbocycles. The van der Waals surface area contributed by atoms with Crippen molar-refractivity contribution in [2.75, 3.05) is 38.0 Å². The van der Waals surface area contributed by atoms with Gasteiger partial charge in [-0.05, 0) is 42.0 Å². The monoisotopic (exact) mass is 507 g/mol. The van der Waals surface area contributed by atoms with Gasteiger partial charge in [-0.25, -0.2) is 14.4 Å². The van der Waals surface area contributed by atoms with E-state index in [1.807, 2.05) is 12.1 Å². The fraction of sp³-hybridized carbons (Fsp3) is 0.231. The Balaban J connectivity index is 1.27. The second-order valence-corrected chi connectivity index (χ2v) is 9.51. The zero-order chi connectivity index (χ0) is 24.0. The number of thiophene rings is 1. The van der Waals surface area contributed by atoms with Crippen LogP contribution in [0.3, 0.4) is 0 Å². The van der Waals surface area contributed by atoms with E-state index in [4.69, 9.17) is 16.3 Å². The topological polar surface area (TPSA) is 62.3 Å². The van der Waals surface area contributed by atoms with Crippen LogP contribution in [0.2, 0.25) is 5.02 Å². The maximum atomic E-state index is 13.4. The molecule has 0 radical (unpaired) electrons. The lowest BCUT2D eigenvalue weighted by molar-refractivity contribution is 0.268. The molecule has 9 heteroatoms. The van der Waals surface area contributed by atoms with Crippen LogP contribution in [0, 0.1) is 17.7 Å². The summed E-state index contributed by atoms with van der Waals surface area (Å²) in [5, 5.41) is 8.02. The fourth-order valence-electron chi connectivity index (χ4n) is 3.74. The van der Waals surface area contributed by atoms with Crippen LogP contribution in [-0.2, 0) is 6.61 Å². The van der Waals surface area contributed by atoms with Gasteiger partial charge in [-0.2, -0.15) is 0 Å². The zero-order valence-corrected chi connectivity index (χ0v) is 20.4. The van der Waals surface area contributed by atoms with Crippen molar-refractivity contribution < 1.29 is 9.13 Å². The highest BCUT2D eigenvalue weighted by atomic mass is 35.5. The van der Waals surface area contributed by atoms with Gasteiger partial charge in [0.2, 0.25) is 0 Å². The molecule has 178 valence electrons. The van der Waals surface area contributed by atoms with Gasteiger partial charge in [-0.1, -0.05) is 35.6 Å². The summed E-state index contributed by atoms with van der Waals surface area (Å²) < 4.78 is 19.1. The fourth-order valence-corrected chi connectivity index (χ4v) is 4.85. The van der Waals surface area contributed by atoms with Crippen molar-refractivity contribution >= 4 is 44.7 Å². The second-order valence-electron chi connectivity index (χ2n) is 8.07. The summed E-state index contributed by atoms with van der Waals surface area (Å²) in [7, 11) is 0. The smallest absolute Gasteiger partial charge is 0.142 e. The molecule has 4 aromatic rings. The first-order chi connectivity index (χ1) is 17.1. The number of rotatable bonds is 6. The van der Waals surface area contributed by atoms with Gasteiger partial charge >= 0.3 is 0 Å². The molecule has 2 N–H and O–H groups in total. The third kappa shape index (κ3) is 6.08. The van der Waals surface area contributed by atoms with Crippen LogP contribution in [-0.4, -0.2) is 47.6 Å². The van der Waals surface area contributed by atoms with Crippen LogP contribution in [0.15, 0.2) is 54.9 Å². The van der Waals surface area contributed by atoms with E-state index in [1.54, 1.807) is 35.6 Å². The van der Waals surface area contributed by atoms with Gasteiger partial charge in [-0.3, -0.25) is 4.90 Å². The quantitative estimate of drug-likeness (QED) is 0.356. The Hall–Kier alpha value is -3.22. The van der Waals surface area contributed by atoms with Gasteiger partial charge in [-0.15, -0.1) is 11.3 Å². The van der Waals surface area contributed by atoms with E-state index in [9.17, 15) is 4.39 Å². The molecule has 3 heterocycles. The second kappa shape index (κ2) is 11.0. The number of benzene rings is 2. The number of piperazine rings is 1. The van der Waals surface area contributed by atoms with E-state index in [0.29, 0.717) is 16.6 Å². The lowest BCUT2D eigenvalue weighted by atomic mass is 10.2. The molecular weight excluding hydrogens is 485 g/mol. The van der Waals surface area contributed by atoms with E-state index < -0.39 is 0 Å². The highest BCUT2D eigenvalue weighted by Gasteiger charge is 2.11. The van der Waals surface area contributed by atoms with Gasteiger partial charge < -0.3 is 15.4 Å². The first-order valence-corrected chi connectivity index (χ1v) is 12.4. The maximum absolute atomic E-state index is 13.4. The third-order valence-electron chi connectivity index (χ3n) is 5.53. The van der Waals surface area contributed by atoms with Crippen LogP contribution in [0.4, 0.5) is 15.9 Å². The molecule has 0 unspecified atom stereocenters. The largest absolute Gasteiger partial charge is 0.487 e. The van der Waals surface area contributed by atoms with E-state index in [-0.39, 0.29) is 12.4 Å². The Morgan fingerprint density at radius 3 is 2.86 bits per heavy atom. The molecule has 2 aromatic heterocycles. The highest BCUT2D eigenvalue weighted by Crippen LogP contribution is 2.33. The van der Waals surface area contributed by atoms with Gasteiger partial charge in [0, 0.05) is 31.9 Å². The molecule has 6 nitrogen and oxygen atoms in total. The molecule has 1 saturated heterocycles. The number of anilines is 2. The number of nitrogens with one attached hydrogen (secondary N) is 2. The minimum Gasteiger partial charge on any atom is -0.487 e. The lowest BCUT2D eigenvalue weighted by Gasteiger charge is -2.24. The summed E-state index contributed by atoms with van der Waals surface area (Å²) in [5.41, 5.74) is 1.50. The van der Waals surface area contributed by atoms with Crippen molar-refractivity contribution in [1.82, 2.24) is 20.2 Å². The summed E-state index contributed by atoms with van der Waals surface area (Å²) in [6, 6.07) is 13.7. The molecule has 0 aliphatic carbocycles. The average Bonchev–Trinajstić information content (AvgIpc) is 3.28. The predicted octanol–water partition coefficient (Wildman–Crippen LogP) is 5.06. The minimum atomic E-state index is -0.296. The zero-order valence-electron chi connectivity index (χ0n) is 18.9. The van der Waals surface area contributed by atoms with Crippen LogP contribution in [0.25, 0.3) is 10.2 Å². The number of hydrogen-bond acceptors (Lipinski definition) is 7. The molecule has 0 atom stereocenters. The SMILES string of the molecule is Fc1cccc(COc2ccc(Nc3ncnc4sc(C#CCN5CCNCC5)cc34)cc2Cl)c1. The molecule has 0 spiro atoms. The Morgan fingerprint density at radius 1 is 1.14 bits per heavy atom. The normalized spacial score (nSPS) is 13.9. The lowest BCUT2D eigenvalue weighted by Crippen LogP contribution is -2.43. The van der Waals surface area contributed by atoms with Crippen LogP contribution < -0.4 is 15.4 Å². The van der Waals surface area contributed by atoms with Crippen molar-refractivity contribution in [1.29, 1.82) is 0 Å². The Bertz CT molecular complexity index is 1390. The van der Waals surface area contributed by atoms with Crippen LogP contribution >= 0.6 is 22.9 Å². The van der Waals surface area contributed by atoms with Crippen molar-refractivity contribution in [3.8, 4) is 17.6 Å². The molecule has 0 amide bonds. The van der Waals surface area contributed by atoms with Crippen molar-refractivity contribution in [2.45, 2.75) is 6.61 Å². The standard InChI is InChI=1S/C26H23ClFN5OS/c27-23-14-20(6-7-24(23)34-16-18-3-1-4-19(28)13-18)32-25-22-15-21(35-26(22)31-17-30-25)5-2-10-33-11-8-29-9-12-33/h1,3-4,6-7,13-15,17,29H,8-12,16H2,(H,30,31,32). The molecule has 5 rings (SSSR count). The summed E-state index contributed by atoms with van der Waals surface area (Å²) in [6.45, 7) is 5.07. The summed E-state index contributed by atoms with van der Waals surface area (Å²) in [6.07, 6.45) is 1.54. The summed E-state index contributed by atoms with van der Waals surface area (Å²) in [4.78, 5) is 13.0. The third-order valence-corrected chi connectivity index (χ3v) is 6.79. The summed E-state index contributed by atoms with van der Waals surface area (Å²) in [5.74, 6) is 7.46. The minimum absolute atomic E-state index is 0.226. The van der Waals surface area contributed by atoms with Gasteiger partial charge in [0.25, 0.3) is 0 Å². The summed E-state index contributed by atoms with van der Waals surface area (Å²) >= 11 is 7.99. The molecule has 1 aliphatic heterocycles. The molecular formula is C26H23ClFN5OS. The van der Waals surface area contributed by atoms with Gasteiger partial charge in [0.15, 0.2) is 0 Å². The van der Waals surface area contributed by atoms with E-state index in [0.717, 1.165) is 59.1 Å². The molecule has 1 aliphatic rings. The Kier molecular flexibility index (Phi) is 7.40. The van der Waals surface area contributed by atoms with Crippen molar-refractivity contribution in [2.24, 2.45) is 0 Å². The van der Waals surface area contributed by atoms with E-state index in [1.165, 1.54) is 18.5 Å². The first kappa shape index (κ1) is 23.5. The maximum Gasteiger partial charge on any atom is 0.142 e. The van der Waals surface area contributed by atoms with Crippen LogP contribution in [0.5, 0.6) is 5.75 Å². The number of hydrogen-bond donors (Lipinski definition) is 2. The first-order valence-electron chi connectivity index (χ1n) is 11.2. The van der Waals surface area contributed by atoms with E-state index >= 15 is 0 Å². The molecule has 35 heavy (non-hydrogen) atoms. The van der Waals surface area contributed by atoms with Crippen molar-refractivity contribution in [3.63, 3.8) is 0 Å². The molecule has 0 saturated carbocycles. The Labute approximate surface area is 212 Å². The number of ether oxygens (including phenoxy) is 1. The Morgan fingerprint density at radius 2 is 2.03 bits per heavy atom. The average molecular weight is 508 g/mol. The van der Waals surface area contributed by atoms with Gasteiger partial charge in [0.05, 0.1) is 21.8 Å². The number of aromatic nitrogens is 2. The number of fused-ring (bicyclic) bond motifs is 1. The van der Waals surface area contributed by atoms with E-state index in [2.05, 4.69) is 37.3 Å². The van der Waals surface area contributed by atoms with Crippen LogP contribution in [0.1, 0.15) is 10.4 Å². The molecule has 1 fully saturated rings. The van der Waals surface area contributed by atoms with Crippen molar-refractivity contribution in [3.05, 3.63) is 76.1 Å². The predicted molar refractivity (Wildman–Crippen MR) is 139 cm³/mol.